The third kappa shape index (κ3) is 3.54. The second kappa shape index (κ2) is 6.68. The zero-order valence-electron chi connectivity index (χ0n) is 13.5. The lowest BCUT2D eigenvalue weighted by Gasteiger charge is -2.26. The molecule has 1 unspecified atom stereocenters. The number of hydrogen-bond acceptors (Lipinski definition) is 6. The summed E-state index contributed by atoms with van der Waals surface area (Å²) in [5, 5.41) is 22.9. The average Bonchev–Trinajstić information content (AvgIpc) is 2.55. The van der Waals surface area contributed by atoms with Gasteiger partial charge in [0.25, 0.3) is 0 Å². The monoisotopic (exact) mass is 317 g/mol. The SMILES string of the molecule is COc1cc2ncc(NC3CCC(O)CC3)nc2cc1C(C)O. The molecule has 1 aromatic heterocycles. The van der Waals surface area contributed by atoms with Gasteiger partial charge in [0.1, 0.15) is 11.6 Å². The van der Waals surface area contributed by atoms with Crippen LogP contribution in [0.5, 0.6) is 5.75 Å². The predicted molar refractivity (Wildman–Crippen MR) is 88.6 cm³/mol. The highest BCUT2D eigenvalue weighted by Crippen LogP contribution is 2.29. The van der Waals surface area contributed by atoms with Gasteiger partial charge in [-0.25, -0.2) is 4.98 Å². The molecule has 1 fully saturated rings. The van der Waals surface area contributed by atoms with Gasteiger partial charge in [0.15, 0.2) is 0 Å². The summed E-state index contributed by atoms with van der Waals surface area (Å²) in [5.41, 5.74) is 2.16. The second-order valence-corrected chi connectivity index (χ2v) is 6.16. The number of aromatic nitrogens is 2. The Balaban J connectivity index is 1.86. The van der Waals surface area contributed by atoms with Crippen LogP contribution in [0, 0.1) is 0 Å². The summed E-state index contributed by atoms with van der Waals surface area (Å²) in [5.74, 6) is 1.34. The maximum Gasteiger partial charge on any atom is 0.145 e. The molecule has 0 aliphatic heterocycles. The lowest BCUT2D eigenvalue weighted by molar-refractivity contribution is 0.126. The van der Waals surface area contributed by atoms with Crippen molar-refractivity contribution >= 4 is 16.9 Å². The Labute approximate surface area is 135 Å². The molecule has 0 radical (unpaired) electrons. The molecule has 124 valence electrons. The summed E-state index contributed by atoms with van der Waals surface area (Å²) in [6, 6.07) is 3.94. The fourth-order valence-electron chi connectivity index (χ4n) is 3.06. The van der Waals surface area contributed by atoms with Crippen LogP contribution in [-0.4, -0.2) is 39.4 Å². The van der Waals surface area contributed by atoms with Crippen LogP contribution >= 0.6 is 0 Å². The molecule has 1 aliphatic rings. The van der Waals surface area contributed by atoms with Gasteiger partial charge in [-0.2, -0.15) is 0 Å². The van der Waals surface area contributed by atoms with Gasteiger partial charge in [-0.05, 0) is 38.7 Å². The number of aliphatic hydroxyl groups is 2. The Morgan fingerprint density at radius 1 is 1.22 bits per heavy atom. The van der Waals surface area contributed by atoms with Crippen LogP contribution < -0.4 is 10.1 Å². The molecule has 0 spiro atoms. The molecule has 1 saturated carbocycles. The van der Waals surface area contributed by atoms with Crippen molar-refractivity contribution in [3.05, 3.63) is 23.9 Å². The number of aliphatic hydroxyl groups excluding tert-OH is 2. The van der Waals surface area contributed by atoms with E-state index < -0.39 is 6.10 Å². The molecule has 1 aromatic carbocycles. The third-order valence-corrected chi connectivity index (χ3v) is 4.39. The standard InChI is InChI=1S/C17H23N3O3/c1-10(21)13-7-15-14(8-16(13)23-2)18-9-17(20-15)19-11-3-5-12(22)6-4-11/h7-12,21-22H,3-6H2,1-2H3,(H,19,20). The second-order valence-electron chi connectivity index (χ2n) is 6.16. The maximum atomic E-state index is 9.88. The number of nitrogens with one attached hydrogen (secondary N) is 1. The van der Waals surface area contributed by atoms with E-state index in [1.54, 1.807) is 26.3 Å². The summed E-state index contributed by atoms with van der Waals surface area (Å²) in [7, 11) is 1.58. The molecule has 3 N–H and O–H groups in total. The molecule has 2 aromatic rings. The largest absolute Gasteiger partial charge is 0.496 e. The van der Waals surface area contributed by atoms with Crippen molar-refractivity contribution in [1.82, 2.24) is 9.97 Å². The lowest BCUT2D eigenvalue weighted by atomic mass is 9.93. The van der Waals surface area contributed by atoms with Crippen LogP contribution in [0.15, 0.2) is 18.3 Å². The molecular weight excluding hydrogens is 294 g/mol. The van der Waals surface area contributed by atoms with Crippen LogP contribution in [0.1, 0.15) is 44.3 Å². The first kappa shape index (κ1) is 16.0. The smallest absolute Gasteiger partial charge is 0.145 e. The van der Waals surface area contributed by atoms with Crippen molar-refractivity contribution in [2.24, 2.45) is 0 Å². The van der Waals surface area contributed by atoms with Gasteiger partial charge in [0.05, 0.1) is 36.5 Å². The third-order valence-electron chi connectivity index (χ3n) is 4.39. The fourth-order valence-corrected chi connectivity index (χ4v) is 3.06. The highest BCUT2D eigenvalue weighted by Gasteiger charge is 2.20. The molecule has 6 heteroatoms. The molecule has 0 bridgehead atoms. The van der Waals surface area contributed by atoms with Crippen molar-refractivity contribution in [1.29, 1.82) is 0 Å². The summed E-state index contributed by atoms with van der Waals surface area (Å²) in [6.07, 6.45) is 4.42. The van der Waals surface area contributed by atoms with Crippen LogP contribution in [0.4, 0.5) is 5.82 Å². The van der Waals surface area contributed by atoms with Gasteiger partial charge in [-0.3, -0.25) is 4.98 Å². The predicted octanol–water partition coefficient (Wildman–Crippen LogP) is 2.41. The molecule has 1 atom stereocenters. The zero-order valence-corrected chi connectivity index (χ0v) is 13.5. The van der Waals surface area contributed by atoms with E-state index in [0.29, 0.717) is 17.4 Å². The highest BCUT2D eigenvalue weighted by molar-refractivity contribution is 5.79. The molecule has 1 aliphatic carbocycles. The number of ether oxygens (including phenoxy) is 1. The molecule has 0 saturated heterocycles. The Hall–Kier alpha value is -1.92. The number of anilines is 1. The van der Waals surface area contributed by atoms with Gasteiger partial charge in [-0.1, -0.05) is 0 Å². The minimum absolute atomic E-state index is 0.170. The first-order valence-corrected chi connectivity index (χ1v) is 8.04. The molecular formula is C17H23N3O3. The molecule has 0 amide bonds. The van der Waals surface area contributed by atoms with Gasteiger partial charge in [0, 0.05) is 17.7 Å². The molecule has 6 nitrogen and oxygen atoms in total. The molecule has 3 rings (SSSR count). The number of fused-ring (bicyclic) bond motifs is 1. The van der Waals surface area contributed by atoms with Gasteiger partial charge >= 0.3 is 0 Å². The van der Waals surface area contributed by atoms with E-state index in [4.69, 9.17) is 4.74 Å². The summed E-state index contributed by atoms with van der Waals surface area (Å²) >= 11 is 0. The average molecular weight is 317 g/mol. The van der Waals surface area contributed by atoms with Crippen molar-refractivity contribution in [3.63, 3.8) is 0 Å². The number of nitrogens with zero attached hydrogens (tertiary/aromatic N) is 2. The quantitative estimate of drug-likeness (QED) is 0.802. The van der Waals surface area contributed by atoms with E-state index in [1.165, 1.54) is 0 Å². The Morgan fingerprint density at radius 2 is 1.96 bits per heavy atom. The van der Waals surface area contributed by atoms with E-state index in [9.17, 15) is 10.2 Å². The Bertz CT molecular complexity index is 682. The van der Waals surface area contributed by atoms with Crippen LogP contribution in [0.2, 0.25) is 0 Å². The number of rotatable bonds is 4. The first-order chi connectivity index (χ1) is 11.1. The number of benzene rings is 1. The molecule has 23 heavy (non-hydrogen) atoms. The van der Waals surface area contributed by atoms with E-state index in [0.717, 1.165) is 42.5 Å². The first-order valence-electron chi connectivity index (χ1n) is 8.04. The maximum absolute atomic E-state index is 9.88. The minimum Gasteiger partial charge on any atom is -0.496 e. The summed E-state index contributed by atoms with van der Waals surface area (Å²) in [6.45, 7) is 1.70. The van der Waals surface area contributed by atoms with Crippen molar-refractivity contribution in [2.45, 2.75) is 50.9 Å². The normalized spacial score (nSPS) is 22.8. The van der Waals surface area contributed by atoms with Gasteiger partial charge in [-0.15, -0.1) is 0 Å². The van der Waals surface area contributed by atoms with Crippen LogP contribution in [0.3, 0.4) is 0 Å². The van der Waals surface area contributed by atoms with E-state index in [2.05, 4.69) is 15.3 Å². The number of hydrogen-bond donors (Lipinski definition) is 3. The fraction of sp³-hybridized carbons (Fsp3) is 0.529. The summed E-state index contributed by atoms with van der Waals surface area (Å²) < 4.78 is 5.31. The lowest BCUT2D eigenvalue weighted by Crippen LogP contribution is -2.28. The number of methoxy groups -OCH3 is 1. The van der Waals surface area contributed by atoms with E-state index in [1.807, 2.05) is 6.07 Å². The Morgan fingerprint density at radius 3 is 2.61 bits per heavy atom. The van der Waals surface area contributed by atoms with E-state index >= 15 is 0 Å². The van der Waals surface area contributed by atoms with Crippen molar-refractivity contribution < 1.29 is 14.9 Å². The minimum atomic E-state index is -0.632. The van der Waals surface area contributed by atoms with Crippen molar-refractivity contribution in [2.75, 3.05) is 12.4 Å². The van der Waals surface area contributed by atoms with Crippen LogP contribution in [-0.2, 0) is 0 Å². The topological polar surface area (TPSA) is 87.5 Å². The Kier molecular flexibility index (Phi) is 4.63. The van der Waals surface area contributed by atoms with E-state index in [-0.39, 0.29) is 6.10 Å². The highest BCUT2D eigenvalue weighted by atomic mass is 16.5. The van der Waals surface area contributed by atoms with Gasteiger partial charge in [0.2, 0.25) is 0 Å². The van der Waals surface area contributed by atoms with Gasteiger partial charge < -0.3 is 20.3 Å². The van der Waals surface area contributed by atoms with Crippen LogP contribution in [0.25, 0.3) is 11.0 Å². The zero-order chi connectivity index (χ0) is 16.4. The summed E-state index contributed by atoms with van der Waals surface area (Å²) in [4.78, 5) is 9.04. The molecule has 1 heterocycles. The van der Waals surface area contributed by atoms with Crippen molar-refractivity contribution in [3.8, 4) is 5.75 Å².